The summed E-state index contributed by atoms with van der Waals surface area (Å²) in [6, 6.07) is 9.20. The van der Waals surface area contributed by atoms with Gasteiger partial charge in [0.15, 0.2) is 11.5 Å². The van der Waals surface area contributed by atoms with Crippen LogP contribution in [0, 0.1) is 17.8 Å². The van der Waals surface area contributed by atoms with Crippen LogP contribution in [0.25, 0.3) is 10.9 Å². The number of rotatable bonds is 6. The van der Waals surface area contributed by atoms with Gasteiger partial charge in [0.1, 0.15) is 12.1 Å². The molecule has 1 aliphatic heterocycles. The van der Waals surface area contributed by atoms with Crippen molar-refractivity contribution in [3.8, 4) is 11.5 Å². The van der Waals surface area contributed by atoms with E-state index in [0.717, 1.165) is 41.5 Å². The lowest BCUT2D eigenvalue weighted by atomic mass is 10.0. The zero-order chi connectivity index (χ0) is 21.4. The highest BCUT2D eigenvalue weighted by atomic mass is 35.5. The van der Waals surface area contributed by atoms with Crippen LogP contribution in [0.5, 0.6) is 11.5 Å². The van der Waals surface area contributed by atoms with E-state index in [0.29, 0.717) is 39.9 Å². The largest absolute Gasteiger partial charge is 0.493 e. The lowest BCUT2D eigenvalue weighted by Crippen LogP contribution is -2.15. The van der Waals surface area contributed by atoms with Crippen LogP contribution in [0.3, 0.4) is 0 Å². The van der Waals surface area contributed by atoms with Crippen molar-refractivity contribution in [2.75, 3.05) is 32.1 Å². The maximum Gasteiger partial charge on any atom is 0.163 e. The van der Waals surface area contributed by atoms with E-state index in [9.17, 15) is 0 Å². The van der Waals surface area contributed by atoms with Gasteiger partial charge in [0.2, 0.25) is 0 Å². The maximum atomic E-state index is 6.21. The summed E-state index contributed by atoms with van der Waals surface area (Å²) in [7, 11) is 1.65. The number of hydrogen-bond acceptors (Lipinski definition) is 6. The van der Waals surface area contributed by atoms with E-state index < -0.39 is 0 Å². The van der Waals surface area contributed by atoms with Crippen molar-refractivity contribution in [1.82, 2.24) is 15.3 Å². The van der Waals surface area contributed by atoms with Gasteiger partial charge in [0.25, 0.3) is 0 Å². The maximum absolute atomic E-state index is 6.21. The third kappa shape index (κ3) is 4.25. The molecule has 2 fully saturated rings. The van der Waals surface area contributed by atoms with E-state index in [1.165, 1.54) is 19.2 Å². The molecule has 1 unspecified atom stereocenters. The smallest absolute Gasteiger partial charge is 0.163 e. The van der Waals surface area contributed by atoms with Crippen molar-refractivity contribution in [2.45, 2.75) is 12.8 Å². The van der Waals surface area contributed by atoms with E-state index in [1.807, 2.05) is 18.2 Å². The van der Waals surface area contributed by atoms with Gasteiger partial charge < -0.3 is 20.1 Å². The first-order valence-electron chi connectivity index (χ1n) is 10.5. The average molecular weight is 459 g/mol. The molecule has 0 spiro atoms. The number of methoxy groups -OCH3 is 1. The van der Waals surface area contributed by atoms with Gasteiger partial charge in [-0.1, -0.05) is 23.2 Å². The van der Waals surface area contributed by atoms with Crippen molar-refractivity contribution in [2.24, 2.45) is 17.8 Å². The first-order valence-corrected chi connectivity index (χ1v) is 11.2. The molecule has 2 aromatic carbocycles. The van der Waals surface area contributed by atoms with Crippen molar-refractivity contribution in [3.05, 3.63) is 46.7 Å². The van der Waals surface area contributed by atoms with Crippen LogP contribution in [0.2, 0.25) is 10.0 Å². The molecule has 3 atom stereocenters. The summed E-state index contributed by atoms with van der Waals surface area (Å²) in [5, 5.41) is 8.59. The highest BCUT2D eigenvalue weighted by Crippen LogP contribution is 2.40. The fourth-order valence-electron chi connectivity index (χ4n) is 4.78. The quantitative estimate of drug-likeness (QED) is 0.521. The molecule has 6 nitrogen and oxygen atoms in total. The fraction of sp³-hybridized carbons (Fsp3) is 0.391. The molecule has 0 radical (unpaired) electrons. The second-order valence-electron chi connectivity index (χ2n) is 8.32. The monoisotopic (exact) mass is 458 g/mol. The van der Waals surface area contributed by atoms with Gasteiger partial charge in [0, 0.05) is 17.1 Å². The molecular weight excluding hydrogens is 435 g/mol. The Labute approximate surface area is 191 Å². The van der Waals surface area contributed by atoms with Gasteiger partial charge in [-0.3, -0.25) is 0 Å². The molecule has 1 saturated carbocycles. The first-order chi connectivity index (χ1) is 15.1. The highest BCUT2D eigenvalue weighted by molar-refractivity contribution is 6.42. The molecule has 162 valence electrons. The summed E-state index contributed by atoms with van der Waals surface area (Å²) < 4.78 is 11.8. The predicted molar refractivity (Wildman–Crippen MR) is 124 cm³/mol. The second kappa shape index (κ2) is 8.69. The Morgan fingerprint density at radius 3 is 2.58 bits per heavy atom. The molecule has 1 aromatic heterocycles. The minimum atomic E-state index is 0.477. The Kier molecular flexibility index (Phi) is 5.78. The van der Waals surface area contributed by atoms with Gasteiger partial charge in [-0.05, 0) is 68.0 Å². The summed E-state index contributed by atoms with van der Waals surface area (Å²) in [5.74, 6) is 4.23. The number of aromatic nitrogens is 2. The summed E-state index contributed by atoms with van der Waals surface area (Å²) in [6.45, 7) is 2.99. The van der Waals surface area contributed by atoms with Crippen LogP contribution in [0.1, 0.15) is 12.8 Å². The van der Waals surface area contributed by atoms with Gasteiger partial charge in [0.05, 0.1) is 29.3 Å². The highest BCUT2D eigenvalue weighted by Gasteiger charge is 2.37. The zero-order valence-corrected chi connectivity index (χ0v) is 18.7. The van der Waals surface area contributed by atoms with Crippen molar-refractivity contribution in [3.63, 3.8) is 0 Å². The Morgan fingerprint density at radius 2 is 1.84 bits per heavy atom. The standard InChI is InChI=1S/C23H24Cl2N4O2/c1-30-21-7-17-20(8-22(21)31-11-13-4-14-9-26-10-15(14)5-13)27-12-28-23(17)29-16-2-3-18(24)19(25)6-16/h2-3,6-8,12-15,26H,4-5,9-11H2,1H3,(H,27,28,29)/t13?,14-,15+. The third-order valence-electron chi connectivity index (χ3n) is 6.33. The van der Waals surface area contributed by atoms with Crippen LogP contribution in [-0.2, 0) is 0 Å². The van der Waals surface area contributed by atoms with E-state index >= 15 is 0 Å². The van der Waals surface area contributed by atoms with E-state index in [-0.39, 0.29) is 0 Å². The molecule has 2 aliphatic rings. The van der Waals surface area contributed by atoms with Crippen LogP contribution >= 0.6 is 23.2 Å². The van der Waals surface area contributed by atoms with Crippen molar-refractivity contribution < 1.29 is 9.47 Å². The Hall–Kier alpha value is -2.28. The Bertz CT molecular complexity index is 1100. The van der Waals surface area contributed by atoms with E-state index in [4.69, 9.17) is 32.7 Å². The summed E-state index contributed by atoms with van der Waals surface area (Å²) in [4.78, 5) is 8.84. The minimum Gasteiger partial charge on any atom is -0.493 e. The summed E-state index contributed by atoms with van der Waals surface area (Å²) in [5.41, 5.74) is 1.57. The molecule has 0 bridgehead atoms. The van der Waals surface area contributed by atoms with Crippen LogP contribution in [-0.4, -0.2) is 36.8 Å². The van der Waals surface area contributed by atoms with E-state index in [2.05, 4.69) is 20.6 Å². The molecule has 2 heterocycles. The van der Waals surface area contributed by atoms with Gasteiger partial charge >= 0.3 is 0 Å². The number of fused-ring (bicyclic) bond motifs is 2. The van der Waals surface area contributed by atoms with Gasteiger partial charge in [-0.2, -0.15) is 0 Å². The Morgan fingerprint density at radius 1 is 1.03 bits per heavy atom. The molecule has 3 aromatic rings. The topological polar surface area (TPSA) is 68.3 Å². The van der Waals surface area contributed by atoms with Gasteiger partial charge in [-0.15, -0.1) is 0 Å². The predicted octanol–water partition coefficient (Wildman–Crippen LogP) is 5.31. The minimum absolute atomic E-state index is 0.477. The van der Waals surface area contributed by atoms with Crippen LogP contribution in [0.4, 0.5) is 11.5 Å². The molecule has 1 aliphatic carbocycles. The summed E-state index contributed by atoms with van der Waals surface area (Å²) >= 11 is 12.2. The van der Waals surface area contributed by atoms with Crippen LogP contribution in [0.15, 0.2) is 36.7 Å². The lowest BCUT2D eigenvalue weighted by molar-refractivity contribution is 0.234. The lowest BCUT2D eigenvalue weighted by Gasteiger charge is -2.16. The molecule has 8 heteroatoms. The SMILES string of the molecule is COc1cc2c(Nc3ccc(Cl)c(Cl)c3)ncnc2cc1OCC1C[C@H]2CNC[C@H]2C1. The number of hydrogen-bond donors (Lipinski definition) is 2. The third-order valence-corrected chi connectivity index (χ3v) is 7.07. The average Bonchev–Trinajstić information content (AvgIpc) is 3.36. The molecule has 0 amide bonds. The molecule has 5 rings (SSSR count). The number of nitrogens with zero attached hydrogens (tertiary/aromatic N) is 2. The van der Waals surface area contributed by atoms with Crippen molar-refractivity contribution >= 4 is 45.6 Å². The zero-order valence-electron chi connectivity index (χ0n) is 17.2. The van der Waals surface area contributed by atoms with Gasteiger partial charge in [-0.25, -0.2) is 9.97 Å². The molecular formula is C23H24Cl2N4O2. The molecule has 1 saturated heterocycles. The van der Waals surface area contributed by atoms with Crippen LogP contribution < -0.4 is 20.1 Å². The Balaban J connectivity index is 1.37. The number of nitrogens with one attached hydrogen (secondary N) is 2. The van der Waals surface area contributed by atoms with Crippen molar-refractivity contribution in [1.29, 1.82) is 0 Å². The fourth-order valence-corrected chi connectivity index (χ4v) is 5.08. The molecule has 2 N–H and O–H groups in total. The number of halogens is 2. The second-order valence-corrected chi connectivity index (χ2v) is 9.14. The number of anilines is 2. The normalized spacial score (nSPS) is 22.5. The number of ether oxygens (including phenoxy) is 2. The number of benzene rings is 2. The summed E-state index contributed by atoms with van der Waals surface area (Å²) in [6.07, 6.45) is 3.99. The first kappa shape index (κ1) is 20.6. The van der Waals surface area contributed by atoms with E-state index in [1.54, 1.807) is 19.2 Å². The molecule has 31 heavy (non-hydrogen) atoms.